The molecule has 1 fully saturated rings. The number of carbonyl (C=O) groups is 2. The van der Waals surface area contributed by atoms with Crippen molar-refractivity contribution >= 4 is 21.7 Å². The van der Waals surface area contributed by atoms with Crippen molar-refractivity contribution in [2.24, 2.45) is 5.41 Å². The SMILES string of the molecule is CCS(=O)(=O)c1ccc(CC(=O)NCC2(C(=O)O)CCCCC2)cc1. The van der Waals surface area contributed by atoms with Gasteiger partial charge in [0.2, 0.25) is 5.91 Å². The van der Waals surface area contributed by atoms with E-state index in [9.17, 15) is 23.1 Å². The topological polar surface area (TPSA) is 101 Å². The molecule has 2 N–H and O–H groups in total. The molecule has 2 rings (SSSR count). The number of carbonyl (C=O) groups excluding carboxylic acids is 1. The van der Waals surface area contributed by atoms with Gasteiger partial charge in [-0.1, -0.05) is 38.3 Å². The van der Waals surface area contributed by atoms with Gasteiger partial charge in [-0.3, -0.25) is 9.59 Å². The van der Waals surface area contributed by atoms with E-state index in [1.165, 1.54) is 12.1 Å². The molecular formula is C18H25NO5S. The predicted molar refractivity (Wildman–Crippen MR) is 94.0 cm³/mol. The van der Waals surface area contributed by atoms with E-state index in [4.69, 9.17) is 0 Å². The number of sulfone groups is 1. The summed E-state index contributed by atoms with van der Waals surface area (Å²) < 4.78 is 23.6. The molecule has 138 valence electrons. The van der Waals surface area contributed by atoms with Crippen LogP contribution in [-0.2, 0) is 25.8 Å². The van der Waals surface area contributed by atoms with Crippen molar-refractivity contribution in [3.05, 3.63) is 29.8 Å². The molecule has 1 aliphatic carbocycles. The lowest BCUT2D eigenvalue weighted by molar-refractivity contribution is -0.151. The first kappa shape index (κ1) is 19.4. The Hall–Kier alpha value is -1.89. The third kappa shape index (κ3) is 4.81. The van der Waals surface area contributed by atoms with Crippen molar-refractivity contribution in [1.29, 1.82) is 0 Å². The maximum Gasteiger partial charge on any atom is 0.311 e. The average Bonchev–Trinajstić information content (AvgIpc) is 2.61. The molecule has 6 nitrogen and oxygen atoms in total. The molecule has 0 aromatic heterocycles. The second kappa shape index (κ2) is 7.99. The Bertz CT molecular complexity index is 718. The first-order chi connectivity index (χ1) is 11.8. The lowest BCUT2D eigenvalue weighted by Gasteiger charge is -2.33. The second-order valence-electron chi connectivity index (χ2n) is 6.65. The smallest absolute Gasteiger partial charge is 0.311 e. The van der Waals surface area contributed by atoms with Gasteiger partial charge in [0.05, 0.1) is 22.5 Å². The van der Waals surface area contributed by atoms with Gasteiger partial charge in [-0.25, -0.2) is 8.42 Å². The van der Waals surface area contributed by atoms with Crippen molar-refractivity contribution < 1.29 is 23.1 Å². The quantitative estimate of drug-likeness (QED) is 0.769. The normalized spacial score (nSPS) is 17.0. The highest BCUT2D eigenvalue weighted by molar-refractivity contribution is 7.91. The summed E-state index contributed by atoms with van der Waals surface area (Å²) >= 11 is 0. The third-order valence-corrected chi connectivity index (χ3v) is 6.67. The van der Waals surface area contributed by atoms with Crippen LogP contribution < -0.4 is 5.32 Å². The lowest BCUT2D eigenvalue weighted by Crippen LogP contribution is -2.44. The Morgan fingerprint density at radius 3 is 2.24 bits per heavy atom. The van der Waals surface area contributed by atoms with E-state index >= 15 is 0 Å². The molecule has 0 heterocycles. The van der Waals surface area contributed by atoms with E-state index < -0.39 is 21.2 Å². The number of benzene rings is 1. The van der Waals surface area contributed by atoms with Crippen LogP contribution in [0.25, 0.3) is 0 Å². The van der Waals surface area contributed by atoms with Crippen LogP contribution in [0.3, 0.4) is 0 Å². The Kier molecular flexibility index (Phi) is 6.21. The molecule has 1 aromatic carbocycles. The van der Waals surface area contributed by atoms with Gasteiger partial charge in [0, 0.05) is 6.54 Å². The number of rotatable bonds is 7. The molecule has 0 spiro atoms. The number of aliphatic carboxylic acids is 1. The molecule has 1 aromatic rings. The van der Waals surface area contributed by atoms with Crippen LogP contribution in [0.15, 0.2) is 29.2 Å². The number of amides is 1. The Labute approximate surface area is 148 Å². The number of hydrogen-bond donors (Lipinski definition) is 2. The Morgan fingerprint density at radius 2 is 1.72 bits per heavy atom. The Balaban J connectivity index is 1.95. The maximum absolute atomic E-state index is 12.1. The van der Waals surface area contributed by atoms with Crippen molar-refractivity contribution in [3.63, 3.8) is 0 Å². The number of hydrogen-bond acceptors (Lipinski definition) is 4. The second-order valence-corrected chi connectivity index (χ2v) is 8.93. The zero-order valence-corrected chi connectivity index (χ0v) is 15.3. The standard InChI is InChI=1S/C18H25NO5S/c1-2-25(23,24)15-8-6-14(7-9-15)12-16(20)19-13-18(17(21)22)10-4-3-5-11-18/h6-9H,2-5,10-13H2,1H3,(H,19,20)(H,21,22). The predicted octanol–water partition coefficient (Wildman–Crippen LogP) is 2.17. The zero-order chi connectivity index (χ0) is 18.5. The minimum absolute atomic E-state index is 0.0318. The average molecular weight is 367 g/mol. The highest BCUT2D eigenvalue weighted by Gasteiger charge is 2.39. The summed E-state index contributed by atoms with van der Waals surface area (Å²) in [5.41, 5.74) is -0.159. The van der Waals surface area contributed by atoms with Crippen LogP contribution in [0.2, 0.25) is 0 Å². The highest BCUT2D eigenvalue weighted by Crippen LogP contribution is 2.36. The van der Waals surface area contributed by atoms with Crippen molar-refractivity contribution in [2.75, 3.05) is 12.3 Å². The van der Waals surface area contributed by atoms with E-state index in [0.29, 0.717) is 18.4 Å². The van der Waals surface area contributed by atoms with Gasteiger partial charge >= 0.3 is 5.97 Å². The minimum Gasteiger partial charge on any atom is -0.481 e. The van der Waals surface area contributed by atoms with Gasteiger partial charge in [-0.15, -0.1) is 0 Å². The molecule has 7 heteroatoms. The number of nitrogens with one attached hydrogen (secondary N) is 1. The molecule has 1 saturated carbocycles. The number of carboxylic acid groups (broad SMARTS) is 1. The van der Waals surface area contributed by atoms with Crippen molar-refractivity contribution in [3.8, 4) is 0 Å². The van der Waals surface area contributed by atoms with E-state index in [2.05, 4.69) is 5.32 Å². The summed E-state index contributed by atoms with van der Waals surface area (Å²) in [6.07, 6.45) is 4.06. The number of carboxylic acids is 1. The maximum atomic E-state index is 12.1. The van der Waals surface area contributed by atoms with Crippen LogP contribution in [0.5, 0.6) is 0 Å². The van der Waals surface area contributed by atoms with E-state index in [0.717, 1.165) is 19.3 Å². The molecule has 0 atom stereocenters. The van der Waals surface area contributed by atoms with Crippen LogP contribution in [0.4, 0.5) is 0 Å². The zero-order valence-electron chi connectivity index (χ0n) is 14.5. The van der Waals surface area contributed by atoms with Gasteiger partial charge in [-0.05, 0) is 30.5 Å². The van der Waals surface area contributed by atoms with Gasteiger partial charge in [0.15, 0.2) is 9.84 Å². The largest absolute Gasteiger partial charge is 0.481 e. The molecule has 0 unspecified atom stereocenters. The monoisotopic (exact) mass is 367 g/mol. The van der Waals surface area contributed by atoms with Gasteiger partial charge in [0.25, 0.3) is 0 Å². The van der Waals surface area contributed by atoms with E-state index in [1.54, 1.807) is 19.1 Å². The fourth-order valence-electron chi connectivity index (χ4n) is 3.19. The summed E-state index contributed by atoms with van der Waals surface area (Å²) in [7, 11) is -3.25. The van der Waals surface area contributed by atoms with Crippen LogP contribution in [-0.4, -0.2) is 37.7 Å². The Morgan fingerprint density at radius 1 is 1.12 bits per heavy atom. The molecule has 1 amide bonds. The molecule has 0 bridgehead atoms. The molecular weight excluding hydrogens is 342 g/mol. The summed E-state index contributed by atoms with van der Waals surface area (Å²) in [5, 5.41) is 12.3. The minimum atomic E-state index is -3.25. The van der Waals surface area contributed by atoms with Gasteiger partial charge in [-0.2, -0.15) is 0 Å². The molecule has 1 aliphatic rings. The third-order valence-electron chi connectivity index (χ3n) is 4.92. The summed E-state index contributed by atoms with van der Waals surface area (Å²) in [5.74, 6) is -1.07. The van der Waals surface area contributed by atoms with E-state index in [1.807, 2.05) is 0 Å². The summed E-state index contributed by atoms with van der Waals surface area (Å²) in [6.45, 7) is 1.73. The van der Waals surface area contributed by atoms with Crippen molar-refractivity contribution in [1.82, 2.24) is 5.32 Å². The highest BCUT2D eigenvalue weighted by atomic mass is 32.2. The summed E-state index contributed by atoms with van der Waals surface area (Å²) in [4.78, 5) is 24.0. The first-order valence-corrected chi connectivity index (χ1v) is 10.3. The fraction of sp³-hybridized carbons (Fsp3) is 0.556. The fourth-order valence-corrected chi connectivity index (χ4v) is 4.08. The van der Waals surface area contributed by atoms with Crippen LogP contribution in [0, 0.1) is 5.41 Å². The van der Waals surface area contributed by atoms with Crippen molar-refractivity contribution in [2.45, 2.75) is 50.3 Å². The van der Waals surface area contributed by atoms with Crippen LogP contribution in [0.1, 0.15) is 44.6 Å². The van der Waals surface area contributed by atoms with Gasteiger partial charge in [0.1, 0.15) is 0 Å². The molecule has 25 heavy (non-hydrogen) atoms. The molecule has 0 aliphatic heterocycles. The molecule has 0 radical (unpaired) electrons. The van der Waals surface area contributed by atoms with Gasteiger partial charge < -0.3 is 10.4 Å². The summed E-state index contributed by atoms with van der Waals surface area (Å²) in [6, 6.07) is 6.24. The molecule has 0 saturated heterocycles. The van der Waals surface area contributed by atoms with Crippen LogP contribution >= 0.6 is 0 Å². The van der Waals surface area contributed by atoms with E-state index in [-0.39, 0.29) is 29.5 Å². The first-order valence-electron chi connectivity index (χ1n) is 8.61. The lowest BCUT2D eigenvalue weighted by atomic mass is 9.74.